The minimum Gasteiger partial charge on any atom is -0.496 e. The summed E-state index contributed by atoms with van der Waals surface area (Å²) in [5, 5.41) is 8.15. The summed E-state index contributed by atoms with van der Waals surface area (Å²) in [4.78, 5) is 4.23. The van der Waals surface area contributed by atoms with E-state index in [2.05, 4.69) is 11.6 Å². The second kappa shape index (κ2) is 5.61. The molecule has 1 heterocycles. The maximum atomic E-state index is 7.74. The van der Waals surface area contributed by atoms with Crippen LogP contribution in [0, 0.1) is 12.3 Å². The van der Waals surface area contributed by atoms with E-state index in [-0.39, 0.29) is 11.5 Å². The minimum atomic E-state index is 0.106. The molecule has 0 radical (unpaired) electrons. The van der Waals surface area contributed by atoms with Gasteiger partial charge in [0.1, 0.15) is 23.0 Å². The van der Waals surface area contributed by atoms with Crippen LogP contribution in [0.1, 0.15) is 11.1 Å². The normalized spacial score (nSPS) is 14.7. The Hall–Kier alpha value is -2.27. The van der Waals surface area contributed by atoms with Crippen LogP contribution in [0.4, 0.5) is 0 Å². The lowest BCUT2D eigenvalue weighted by Crippen LogP contribution is -2.26. The van der Waals surface area contributed by atoms with E-state index in [1.807, 2.05) is 6.92 Å². The van der Waals surface area contributed by atoms with Gasteiger partial charge < -0.3 is 15.2 Å². The lowest BCUT2D eigenvalue weighted by atomic mass is 9.99. The van der Waals surface area contributed by atoms with Crippen molar-refractivity contribution in [2.45, 2.75) is 6.92 Å². The lowest BCUT2D eigenvalue weighted by molar-refractivity contribution is 0.392. The van der Waals surface area contributed by atoms with Crippen LogP contribution in [0.5, 0.6) is 11.5 Å². The number of hydrogen-bond donors (Lipinski definition) is 2. The largest absolute Gasteiger partial charge is 0.496 e. The summed E-state index contributed by atoms with van der Waals surface area (Å²) in [6.45, 7) is 5.67. The average Bonchev–Trinajstić information content (AvgIpc) is 2.45. The molecule has 5 nitrogen and oxygen atoms in total. The zero-order valence-corrected chi connectivity index (χ0v) is 12.8. The summed E-state index contributed by atoms with van der Waals surface area (Å²) in [6, 6.07) is 1.72. The number of allylic oxidation sites excluding steroid dienone is 1. The van der Waals surface area contributed by atoms with Crippen LogP contribution in [0.15, 0.2) is 29.3 Å². The smallest absolute Gasteiger partial charge is 0.149 e. The minimum absolute atomic E-state index is 0.106. The molecule has 0 saturated carbocycles. The SMILES string of the molecule is C=C1C=C(c2c(C)c(OC)cc(OC)c2Cl)N=C(N)C1=N. The molecule has 0 fully saturated rings. The van der Waals surface area contributed by atoms with Crippen molar-refractivity contribution in [3.63, 3.8) is 0 Å². The van der Waals surface area contributed by atoms with Crippen LogP contribution in [0.2, 0.25) is 5.02 Å². The number of amidine groups is 1. The van der Waals surface area contributed by atoms with E-state index in [0.29, 0.717) is 33.4 Å². The Morgan fingerprint density at radius 2 is 1.90 bits per heavy atom. The molecule has 0 saturated heterocycles. The molecule has 2 rings (SSSR count). The third-order valence-corrected chi connectivity index (χ3v) is 3.64. The van der Waals surface area contributed by atoms with Gasteiger partial charge in [-0.05, 0) is 18.6 Å². The molecule has 6 heteroatoms. The van der Waals surface area contributed by atoms with Crippen LogP contribution in [0.3, 0.4) is 0 Å². The molecular weight excluding hydrogens is 290 g/mol. The summed E-state index contributed by atoms with van der Waals surface area (Å²) < 4.78 is 10.6. The first kappa shape index (κ1) is 15.1. The van der Waals surface area contributed by atoms with Gasteiger partial charge in [-0.25, -0.2) is 4.99 Å². The summed E-state index contributed by atoms with van der Waals surface area (Å²) in [5.74, 6) is 1.22. The Morgan fingerprint density at radius 3 is 2.43 bits per heavy atom. The highest BCUT2D eigenvalue weighted by molar-refractivity contribution is 6.48. The van der Waals surface area contributed by atoms with Crippen molar-refractivity contribution in [2.75, 3.05) is 14.2 Å². The first-order chi connectivity index (χ1) is 9.90. The number of halogens is 1. The fourth-order valence-electron chi connectivity index (χ4n) is 2.11. The average molecular weight is 306 g/mol. The fraction of sp³-hybridized carbons (Fsp3) is 0.200. The van der Waals surface area contributed by atoms with Crippen molar-refractivity contribution in [3.8, 4) is 11.5 Å². The molecule has 21 heavy (non-hydrogen) atoms. The standard InChI is InChI=1S/C15H16ClN3O2/c1-7-5-9(19-15(18)14(7)17)12-8(2)10(20-3)6-11(21-4)13(12)16/h5-6,17H,1H2,2-4H3,(H2,18,19). The zero-order chi connectivity index (χ0) is 15.7. The van der Waals surface area contributed by atoms with Crippen molar-refractivity contribution in [3.05, 3.63) is 40.4 Å². The van der Waals surface area contributed by atoms with Gasteiger partial charge in [0, 0.05) is 17.2 Å². The number of nitrogens with one attached hydrogen (secondary N) is 1. The van der Waals surface area contributed by atoms with E-state index in [4.69, 9.17) is 32.2 Å². The number of aliphatic imine (C=N–C) groups is 1. The fourth-order valence-corrected chi connectivity index (χ4v) is 2.48. The van der Waals surface area contributed by atoms with Gasteiger partial charge in [0.2, 0.25) is 0 Å². The molecule has 0 aromatic heterocycles. The number of rotatable bonds is 3. The summed E-state index contributed by atoms with van der Waals surface area (Å²) in [7, 11) is 3.10. The van der Waals surface area contributed by atoms with Crippen molar-refractivity contribution in [1.82, 2.24) is 0 Å². The van der Waals surface area contributed by atoms with Crippen molar-refractivity contribution < 1.29 is 9.47 Å². The molecule has 0 atom stereocenters. The summed E-state index contributed by atoms with van der Waals surface area (Å²) in [5.41, 5.74) is 8.36. The Labute approximate surface area is 128 Å². The predicted octanol–water partition coefficient (Wildman–Crippen LogP) is 2.95. The van der Waals surface area contributed by atoms with Gasteiger partial charge in [0.05, 0.1) is 24.9 Å². The molecule has 0 bridgehead atoms. The maximum Gasteiger partial charge on any atom is 0.149 e. The molecule has 3 N–H and O–H groups in total. The van der Waals surface area contributed by atoms with E-state index in [1.54, 1.807) is 19.3 Å². The van der Waals surface area contributed by atoms with Gasteiger partial charge in [-0.3, -0.25) is 5.41 Å². The number of methoxy groups -OCH3 is 2. The van der Waals surface area contributed by atoms with E-state index in [9.17, 15) is 0 Å². The molecule has 0 spiro atoms. The highest BCUT2D eigenvalue weighted by Gasteiger charge is 2.22. The van der Waals surface area contributed by atoms with Gasteiger partial charge in [0.25, 0.3) is 0 Å². The predicted molar refractivity (Wildman–Crippen MR) is 85.8 cm³/mol. The molecule has 110 valence electrons. The number of nitrogens with two attached hydrogens (primary N) is 1. The quantitative estimate of drug-likeness (QED) is 0.901. The van der Waals surface area contributed by atoms with Crippen molar-refractivity contribution >= 4 is 28.8 Å². The highest BCUT2D eigenvalue weighted by Crippen LogP contribution is 2.41. The summed E-state index contributed by atoms with van der Waals surface area (Å²) >= 11 is 6.39. The monoisotopic (exact) mass is 305 g/mol. The van der Waals surface area contributed by atoms with Crippen molar-refractivity contribution in [1.29, 1.82) is 5.41 Å². The van der Waals surface area contributed by atoms with Crippen LogP contribution in [0.25, 0.3) is 5.70 Å². The first-order valence-corrected chi connectivity index (χ1v) is 6.54. The molecule has 1 aromatic rings. The van der Waals surface area contributed by atoms with Crippen LogP contribution in [-0.2, 0) is 0 Å². The van der Waals surface area contributed by atoms with E-state index in [1.165, 1.54) is 7.11 Å². The number of benzene rings is 1. The van der Waals surface area contributed by atoms with E-state index >= 15 is 0 Å². The summed E-state index contributed by atoms with van der Waals surface area (Å²) in [6.07, 6.45) is 1.67. The van der Waals surface area contributed by atoms with Crippen LogP contribution in [-0.4, -0.2) is 25.8 Å². The van der Waals surface area contributed by atoms with Gasteiger partial charge in [-0.1, -0.05) is 18.2 Å². The molecule has 1 aliphatic rings. The Kier molecular flexibility index (Phi) is 4.04. The highest BCUT2D eigenvalue weighted by atomic mass is 35.5. The second-order valence-electron chi connectivity index (χ2n) is 4.52. The van der Waals surface area contributed by atoms with Gasteiger partial charge in [0.15, 0.2) is 0 Å². The molecule has 1 aliphatic heterocycles. The third kappa shape index (κ3) is 2.52. The van der Waals surface area contributed by atoms with Gasteiger partial charge >= 0.3 is 0 Å². The van der Waals surface area contributed by atoms with Gasteiger partial charge in [-0.2, -0.15) is 0 Å². The van der Waals surface area contributed by atoms with Crippen molar-refractivity contribution in [2.24, 2.45) is 10.7 Å². The third-order valence-electron chi connectivity index (χ3n) is 3.27. The topological polar surface area (TPSA) is 80.7 Å². The molecule has 0 unspecified atom stereocenters. The zero-order valence-electron chi connectivity index (χ0n) is 12.1. The van der Waals surface area contributed by atoms with Crippen LogP contribution < -0.4 is 15.2 Å². The maximum absolute atomic E-state index is 7.74. The number of ether oxygens (including phenoxy) is 2. The Bertz CT molecular complexity index is 677. The Balaban J connectivity index is 2.72. The van der Waals surface area contributed by atoms with Crippen LogP contribution >= 0.6 is 11.6 Å². The number of hydrogen-bond acceptors (Lipinski definition) is 5. The molecule has 0 amide bonds. The lowest BCUT2D eigenvalue weighted by Gasteiger charge is -2.19. The van der Waals surface area contributed by atoms with Gasteiger partial charge in [-0.15, -0.1) is 0 Å². The molecular formula is C15H16ClN3O2. The number of nitrogens with zero attached hydrogens (tertiary/aromatic N) is 1. The molecule has 1 aromatic carbocycles. The second-order valence-corrected chi connectivity index (χ2v) is 4.90. The Morgan fingerprint density at radius 1 is 1.29 bits per heavy atom. The molecule has 0 aliphatic carbocycles. The van der Waals surface area contributed by atoms with E-state index in [0.717, 1.165) is 5.56 Å². The van der Waals surface area contributed by atoms with E-state index < -0.39 is 0 Å². The first-order valence-electron chi connectivity index (χ1n) is 6.16.